The largest absolute Gasteiger partial charge is 0.456 e. The highest BCUT2D eigenvalue weighted by Crippen LogP contribution is 2.53. The molecule has 6 nitrogen and oxygen atoms in total. The number of hydrogen-bond acceptors (Lipinski definition) is 6. The quantitative estimate of drug-likeness (QED) is 0.175. The Morgan fingerprint density at radius 3 is 1.82 bits per heavy atom. The molecule has 2 atom stereocenters. The van der Waals surface area contributed by atoms with Gasteiger partial charge in [-0.25, -0.2) is 15.0 Å². The fourth-order valence-electron chi connectivity index (χ4n) is 8.89. The van der Waals surface area contributed by atoms with Crippen LogP contribution < -0.4 is 4.90 Å². The van der Waals surface area contributed by atoms with Crippen molar-refractivity contribution < 1.29 is 8.83 Å². The van der Waals surface area contributed by atoms with Gasteiger partial charge in [-0.2, -0.15) is 0 Å². The van der Waals surface area contributed by atoms with Crippen LogP contribution in [-0.4, -0.2) is 21.0 Å². The lowest BCUT2D eigenvalue weighted by Crippen LogP contribution is -2.30. The van der Waals surface area contributed by atoms with Crippen LogP contribution >= 0.6 is 0 Å². The molecule has 57 heavy (non-hydrogen) atoms. The Balaban J connectivity index is 1.03. The lowest BCUT2D eigenvalue weighted by atomic mass is 9.82. The van der Waals surface area contributed by atoms with Crippen LogP contribution in [0.1, 0.15) is 22.8 Å². The first-order chi connectivity index (χ1) is 28.2. The molecule has 0 saturated carbocycles. The Morgan fingerprint density at radius 1 is 0.439 bits per heavy atom. The number of anilines is 2. The maximum absolute atomic E-state index is 6.59. The lowest BCUT2D eigenvalue weighted by molar-refractivity contribution is 0.584. The normalized spacial score (nSPS) is 15.6. The van der Waals surface area contributed by atoms with Crippen molar-refractivity contribution in [1.29, 1.82) is 0 Å². The van der Waals surface area contributed by atoms with E-state index in [-0.39, 0.29) is 12.0 Å². The van der Waals surface area contributed by atoms with E-state index in [1.165, 1.54) is 22.5 Å². The number of hydrogen-bond donors (Lipinski definition) is 0. The van der Waals surface area contributed by atoms with E-state index in [1.807, 2.05) is 36.4 Å². The van der Waals surface area contributed by atoms with Crippen molar-refractivity contribution in [1.82, 2.24) is 15.0 Å². The third-order valence-corrected chi connectivity index (χ3v) is 11.5. The Labute approximate surface area is 328 Å². The molecule has 0 amide bonds. The van der Waals surface area contributed by atoms with Gasteiger partial charge in [0.05, 0.1) is 6.04 Å². The summed E-state index contributed by atoms with van der Waals surface area (Å²) in [5.74, 6) is 2.76. The smallest absolute Gasteiger partial charge is 0.164 e. The monoisotopic (exact) mass is 732 g/mol. The highest BCUT2D eigenvalue weighted by molar-refractivity contribution is 6.06. The van der Waals surface area contributed by atoms with Gasteiger partial charge in [0.15, 0.2) is 17.5 Å². The summed E-state index contributed by atoms with van der Waals surface area (Å²) < 4.78 is 12.8. The van der Waals surface area contributed by atoms with E-state index in [0.717, 1.165) is 66.5 Å². The zero-order chi connectivity index (χ0) is 37.5. The van der Waals surface area contributed by atoms with Crippen molar-refractivity contribution in [2.24, 2.45) is 0 Å². The molecular weight excluding hydrogens is 701 g/mol. The summed E-state index contributed by atoms with van der Waals surface area (Å²) in [6.45, 7) is 0. The molecule has 2 unspecified atom stereocenters. The lowest BCUT2D eigenvalue weighted by Gasteiger charge is -2.30. The van der Waals surface area contributed by atoms with Crippen molar-refractivity contribution in [3.05, 3.63) is 193 Å². The van der Waals surface area contributed by atoms with Crippen LogP contribution in [0, 0.1) is 0 Å². The average Bonchev–Trinajstić information content (AvgIpc) is 3.96. The van der Waals surface area contributed by atoms with Gasteiger partial charge in [0.25, 0.3) is 0 Å². The number of nitrogens with zero attached hydrogens (tertiary/aromatic N) is 4. The molecule has 0 bridgehead atoms. The molecule has 0 saturated heterocycles. The summed E-state index contributed by atoms with van der Waals surface area (Å²) in [5, 5.41) is 3.14. The first kappa shape index (κ1) is 31.7. The molecule has 1 aliphatic carbocycles. The minimum absolute atomic E-state index is 0.0830. The second kappa shape index (κ2) is 12.5. The van der Waals surface area contributed by atoms with Crippen LogP contribution in [0.2, 0.25) is 0 Å². The Morgan fingerprint density at radius 2 is 1.04 bits per heavy atom. The number of benzene rings is 7. The molecule has 12 rings (SSSR count). The van der Waals surface area contributed by atoms with Gasteiger partial charge < -0.3 is 13.7 Å². The molecule has 0 fully saturated rings. The van der Waals surface area contributed by atoms with Crippen molar-refractivity contribution in [3.63, 3.8) is 0 Å². The van der Waals surface area contributed by atoms with Crippen molar-refractivity contribution in [2.75, 3.05) is 4.90 Å². The van der Waals surface area contributed by atoms with Crippen LogP contribution in [0.5, 0.6) is 0 Å². The van der Waals surface area contributed by atoms with Crippen LogP contribution in [-0.2, 0) is 0 Å². The van der Waals surface area contributed by atoms with Crippen molar-refractivity contribution >= 4 is 50.4 Å². The van der Waals surface area contributed by atoms with E-state index in [1.54, 1.807) is 0 Å². The topological polar surface area (TPSA) is 68.2 Å². The van der Waals surface area contributed by atoms with Gasteiger partial charge in [-0.1, -0.05) is 109 Å². The second-order valence-corrected chi connectivity index (χ2v) is 14.7. The predicted molar refractivity (Wildman–Crippen MR) is 228 cm³/mol. The molecule has 4 heterocycles. The van der Waals surface area contributed by atoms with E-state index < -0.39 is 0 Å². The molecule has 7 aromatic carbocycles. The Hall–Kier alpha value is -7.57. The highest BCUT2D eigenvalue weighted by atomic mass is 16.3. The zero-order valence-corrected chi connectivity index (χ0v) is 30.6. The van der Waals surface area contributed by atoms with Gasteiger partial charge in [0.1, 0.15) is 22.5 Å². The highest BCUT2D eigenvalue weighted by Gasteiger charge is 2.43. The molecule has 2 aliphatic rings. The molecule has 10 aromatic rings. The Kier molecular flexibility index (Phi) is 6.95. The van der Waals surface area contributed by atoms with Crippen molar-refractivity contribution in [2.45, 2.75) is 12.0 Å². The summed E-state index contributed by atoms with van der Waals surface area (Å²) in [6, 6.07) is 58.9. The van der Waals surface area contributed by atoms with Crippen LogP contribution in [0.4, 0.5) is 11.4 Å². The number of para-hydroxylation sites is 3. The van der Waals surface area contributed by atoms with E-state index in [9.17, 15) is 0 Å². The first-order valence-electron chi connectivity index (χ1n) is 19.3. The van der Waals surface area contributed by atoms with Gasteiger partial charge in [0, 0.05) is 55.7 Å². The number of aromatic nitrogens is 3. The van der Waals surface area contributed by atoms with Crippen LogP contribution in [0.3, 0.4) is 0 Å². The summed E-state index contributed by atoms with van der Waals surface area (Å²) >= 11 is 0. The van der Waals surface area contributed by atoms with Crippen molar-refractivity contribution in [3.8, 4) is 45.3 Å². The molecular formula is C51H32N4O2. The van der Waals surface area contributed by atoms with Gasteiger partial charge in [-0.3, -0.25) is 0 Å². The molecule has 0 spiro atoms. The SMILES string of the molecule is C1=CC2C(c3ccccc3N2c2ccccc2)c2c1oc1ccc(-c3nc(-c4cccc(-c5ccccc5)c4)nc(-c4ccc5oc6ccccc6c5c4)n3)cc21. The van der Waals surface area contributed by atoms with Gasteiger partial charge >= 0.3 is 0 Å². The summed E-state index contributed by atoms with van der Waals surface area (Å²) in [6.07, 6.45) is 4.43. The molecule has 6 heteroatoms. The number of furan rings is 2. The zero-order valence-electron chi connectivity index (χ0n) is 30.6. The standard InChI is InChI=1S/C51H32N4O2/c1-3-12-31(13-4-1)32-14-11-15-33(28-32)49-52-50(34-22-25-44-39(29-34)37-18-8-10-21-43(37)56-44)54-51(53-49)35-23-26-45-40(30-35)48-46(57-45)27-24-42-47(48)38-19-7-9-20-41(38)55(42)36-16-5-2-6-17-36/h1-30,42,47H. The van der Waals surface area contributed by atoms with Gasteiger partial charge in [0.2, 0.25) is 0 Å². The van der Waals surface area contributed by atoms with Gasteiger partial charge in [-0.05, 0) is 89.5 Å². The molecule has 0 radical (unpaired) electrons. The molecule has 268 valence electrons. The van der Waals surface area contributed by atoms with E-state index in [4.69, 9.17) is 23.8 Å². The fraction of sp³-hybridized carbons (Fsp3) is 0.0392. The average molecular weight is 733 g/mol. The van der Waals surface area contributed by atoms with E-state index in [2.05, 4.69) is 151 Å². The second-order valence-electron chi connectivity index (χ2n) is 14.7. The molecule has 3 aromatic heterocycles. The van der Waals surface area contributed by atoms with E-state index >= 15 is 0 Å². The first-order valence-corrected chi connectivity index (χ1v) is 19.3. The predicted octanol–water partition coefficient (Wildman–Crippen LogP) is 12.9. The van der Waals surface area contributed by atoms with Crippen LogP contribution in [0.25, 0.3) is 84.3 Å². The minimum atomic E-state index is 0.0830. The number of fused-ring (bicyclic) bond motifs is 10. The third-order valence-electron chi connectivity index (χ3n) is 11.5. The molecule has 0 N–H and O–H groups in total. The summed E-state index contributed by atoms with van der Waals surface area (Å²) in [4.78, 5) is 18.0. The van der Waals surface area contributed by atoms with E-state index in [0.29, 0.717) is 17.5 Å². The Bertz CT molecular complexity index is 3220. The minimum Gasteiger partial charge on any atom is -0.456 e. The third kappa shape index (κ3) is 5.07. The number of rotatable bonds is 5. The van der Waals surface area contributed by atoms with Gasteiger partial charge in [-0.15, -0.1) is 0 Å². The maximum atomic E-state index is 6.59. The molecule has 1 aliphatic heterocycles. The summed E-state index contributed by atoms with van der Waals surface area (Å²) in [7, 11) is 0. The fourth-order valence-corrected chi connectivity index (χ4v) is 8.89. The van der Waals surface area contributed by atoms with Crippen LogP contribution in [0.15, 0.2) is 185 Å². The maximum Gasteiger partial charge on any atom is 0.164 e. The summed E-state index contributed by atoms with van der Waals surface area (Å²) in [5.41, 5.74) is 12.3.